The van der Waals surface area contributed by atoms with Crippen LogP contribution in [-0.4, -0.2) is 47.6 Å². The molecule has 8 heteroatoms. The molecule has 0 spiro atoms. The highest BCUT2D eigenvalue weighted by Gasteiger charge is 2.25. The lowest BCUT2D eigenvalue weighted by atomic mass is 10.1. The van der Waals surface area contributed by atoms with Gasteiger partial charge in [0.2, 0.25) is 0 Å². The van der Waals surface area contributed by atoms with E-state index in [1.807, 2.05) is 0 Å². The molecule has 22 heavy (non-hydrogen) atoms. The normalized spacial score (nSPS) is 15.5. The molecule has 1 fully saturated rings. The van der Waals surface area contributed by atoms with E-state index in [1.54, 1.807) is 11.8 Å². The van der Waals surface area contributed by atoms with Crippen molar-refractivity contribution >= 4 is 35.2 Å². The van der Waals surface area contributed by atoms with Crippen molar-refractivity contribution in [1.82, 2.24) is 15.2 Å². The van der Waals surface area contributed by atoms with E-state index in [0.717, 1.165) is 0 Å². The van der Waals surface area contributed by atoms with Gasteiger partial charge in [-0.3, -0.25) is 4.79 Å². The summed E-state index contributed by atoms with van der Waals surface area (Å²) in [4.78, 5) is 29.4. The third-order valence-electron chi connectivity index (χ3n) is 3.38. The van der Waals surface area contributed by atoms with Crippen molar-refractivity contribution in [3.8, 4) is 0 Å². The van der Waals surface area contributed by atoms with Gasteiger partial charge in [-0.2, -0.15) is 0 Å². The number of hydrogen-bond acceptors (Lipinski definition) is 4. The van der Waals surface area contributed by atoms with Crippen LogP contribution in [0.2, 0.25) is 10.2 Å². The van der Waals surface area contributed by atoms with E-state index in [-0.39, 0.29) is 33.9 Å². The molecule has 1 aliphatic heterocycles. The van der Waals surface area contributed by atoms with Crippen LogP contribution >= 0.6 is 23.2 Å². The Kier molecular flexibility index (Phi) is 5.85. The molecular formula is C14H17Cl2N3O3. The number of likely N-dealkylation sites (tertiary alicyclic amines) is 1. The largest absolute Gasteiger partial charge is 0.450 e. The van der Waals surface area contributed by atoms with Crippen LogP contribution in [0.5, 0.6) is 0 Å². The fourth-order valence-electron chi connectivity index (χ4n) is 2.25. The summed E-state index contributed by atoms with van der Waals surface area (Å²) in [5, 5.41) is 3.34. The third-order valence-corrected chi connectivity index (χ3v) is 3.90. The number of carbonyl (C=O) groups excluding carboxylic acids is 2. The van der Waals surface area contributed by atoms with Gasteiger partial charge in [0.05, 0.1) is 11.6 Å². The summed E-state index contributed by atoms with van der Waals surface area (Å²) in [5.74, 6) is -0.359. The number of rotatable bonds is 3. The fraction of sp³-hybridized carbons (Fsp3) is 0.500. The summed E-state index contributed by atoms with van der Waals surface area (Å²) < 4.78 is 4.95. The molecule has 0 atom stereocenters. The number of nitrogens with one attached hydrogen (secondary N) is 1. The quantitative estimate of drug-likeness (QED) is 0.855. The van der Waals surface area contributed by atoms with Gasteiger partial charge < -0.3 is 15.0 Å². The lowest BCUT2D eigenvalue weighted by Gasteiger charge is -2.31. The van der Waals surface area contributed by atoms with E-state index in [4.69, 9.17) is 27.9 Å². The van der Waals surface area contributed by atoms with Gasteiger partial charge in [0.1, 0.15) is 10.8 Å². The Balaban J connectivity index is 1.89. The second-order valence-electron chi connectivity index (χ2n) is 4.90. The molecule has 0 bridgehead atoms. The van der Waals surface area contributed by atoms with E-state index in [2.05, 4.69) is 10.3 Å². The molecular weight excluding hydrogens is 329 g/mol. The van der Waals surface area contributed by atoms with E-state index >= 15 is 0 Å². The Morgan fingerprint density at radius 3 is 2.68 bits per heavy atom. The maximum atomic E-state index is 12.2. The van der Waals surface area contributed by atoms with E-state index in [9.17, 15) is 9.59 Å². The summed E-state index contributed by atoms with van der Waals surface area (Å²) in [7, 11) is 0. The predicted octanol–water partition coefficient (Wildman–Crippen LogP) is 2.74. The number of carbonyl (C=O) groups is 2. The Morgan fingerprint density at radius 2 is 2.05 bits per heavy atom. The highest BCUT2D eigenvalue weighted by Crippen LogP contribution is 2.18. The first-order valence-electron chi connectivity index (χ1n) is 7.06. The van der Waals surface area contributed by atoms with Gasteiger partial charge in [-0.1, -0.05) is 23.2 Å². The van der Waals surface area contributed by atoms with Crippen molar-refractivity contribution in [3.05, 3.63) is 28.0 Å². The van der Waals surface area contributed by atoms with E-state index in [0.29, 0.717) is 32.5 Å². The van der Waals surface area contributed by atoms with Gasteiger partial charge in [0.25, 0.3) is 5.91 Å². The van der Waals surface area contributed by atoms with Gasteiger partial charge >= 0.3 is 6.09 Å². The maximum Gasteiger partial charge on any atom is 0.409 e. The van der Waals surface area contributed by atoms with Crippen LogP contribution in [0.1, 0.15) is 30.3 Å². The minimum atomic E-state index is -0.359. The SMILES string of the molecule is CCOC(=O)N1CCC(NC(=O)c2nc(Cl)ccc2Cl)CC1. The summed E-state index contributed by atoms with van der Waals surface area (Å²) in [6, 6.07) is 3.03. The Bertz CT molecular complexity index is 560. The summed E-state index contributed by atoms with van der Waals surface area (Å²) in [5.41, 5.74) is 0.113. The van der Waals surface area contributed by atoms with Crippen LogP contribution in [0.25, 0.3) is 0 Å². The number of pyridine rings is 1. The molecule has 1 aliphatic rings. The third kappa shape index (κ3) is 4.24. The number of amides is 2. The van der Waals surface area contributed by atoms with Gasteiger partial charge in [0, 0.05) is 19.1 Å². The van der Waals surface area contributed by atoms with Crippen molar-refractivity contribution in [2.24, 2.45) is 0 Å². The summed E-state index contributed by atoms with van der Waals surface area (Å²) in [6.45, 7) is 3.21. The molecule has 2 amide bonds. The van der Waals surface area contributed by atoms with Gasteiger partial charge in [-0.05, 0) is 31.9 Å². The molecule has 1 N–H and O–H groups in total. The molecule has 0 saturated carbocycles. The van der Waals surface area contributed by atoms with Crippen LogP contribution in [0.3, 0.4) is 0 Å². The van der Waals surface area contributed by atoms with Crippen molar-refractivity contribution in [2.75, 3.05) is 19.7 Å². The van der Waals surface area contributed by atoms with Crippen molar-refractivity contribution < 1.29 is 14.3 Å². The lowest BCUT2D eigenvalue weighted by Crippen LogP contribution is -2.46. The lowest BCUT2D eigenvalue weighted by molar-refractivity contribution is 0.0857. The fourth-order valence-corrected chi connectivity index (χ4v) is 2.59. The predicted molar refractivity (Wildman–Crippen MR) is 83.3 cm³/mol. The molecule has 1 saturated heterocycles. The maximum absolute atomic E-state index is 12.2. The number of piperidine rings is 1. The number of ether oxygens (including phenoxy) is 1. The minimum Gasteiger partial charge on any atom is -0.450 e. The highest BCUT2D eigenvalue weighted by atomic mass is 35.5. The van der Waals surface area contributed by atoms with Crippen LogP contribution in [0.15, 0.2) is 12.1 Å². The topological polar surface area (TPSA) is 71.5 Å². The zero-order valence-corrected chi connectivity index (χ0v) is 13.7. The average molecular weight is 346 g/mol. The minimum absolute atomic E-state index is 0.0324. The van der Waals surface area contributed by atoms with Crippen LogP contribution in [0, 0.1) is 0 Å². The number of hydrogen-bond donors (Lipinski definition) is 1. The summed E-state index contributed by atoms with van der Waals surface area (Å²) >= 11 is 11.7. The van der Waals surface area contributed by atoms with E-state index in [1.165, 1.54) is 12.1 Å². The van der Waals surface area contributed by atoms with Gasteiger partial charge in [0.15, 0.2) is 0 Å². The first-order valence-corrected chi connectivity index (χ1v) is 7.81. The van der Waals surface area contributed by atoms with Gasteiger partial charge in [-0.25, -0.2) is 9.78 Å². The second-order valence-corrected chi connectivity index (χ2v) is 5.69. The molecule has 1 aromatic heterocycles. The first-order chi connectivity index (χ1) is 10.5. The Labute approximate surface area is 138 Å². The monoisotopic (exact) mass is 345 g/mol. The smallest absolute Gasteiger partial charge is 0.409 e. The van der Waals surface area contributed by atoms with Gasteiger partial charge in [-0.15, -0.1) is 0 Å². The molecule has 0 radical (unpaired) electrons. The number of halogens is 2. The number of nitrogens with zero attached hydrogens (tertiary/aromatic N) is 2. The van der Waals surface area contributed by atoms with Crippen molar-refractivity contribution in [2.45, 2.75) is 25.8 Å². The highest BCUT2D eigenvalue weighted by molar-refractivity contribution is 6.34. The molecule has 120 valence electrons. The van der Waals surface area contributed by atoms with Crippen molar-refractivity contribution in [1.29, 1.82) is 0 Å². The zero-order chi connectivity index (χ0) is 16.1. The Hall–Kier alpha value is -1.53. The molecule has 1 aromatic rings. The molecule has 6 nitrogen and oxygen atoms in total. The molecule has 0 aromatic carbocycles. The van der Waals surface area contributed by atoms with E-state index < -0.39 is 0 Å². The molecule has 2 rings (SSSR count). The second kappa shape index (κ2) is 7.65. The zero-order valence-electron chi connectivity index (χ0n) is 12.1. The van der Waals surface area contributed by atoms with Crippen LogP contribution in [0.4, 0.5) is 4.79 Å². The number of aromatic nitrogens is 1. The molecule has 0 aliphatic carbocycles. The van der Waals surface area contributed by atoms with Crippen molar-refractivity contribution in [3.63, 3.8) is 0 Å². The van der Waals surface area contributed by atoms with Crippen LogP contribution in [-0.2, 0) is 4.74 Å². The standard InChI is InChI=1S/C14H17Cl2N3O3/c1-2-22-14(21)19-7-5-9(6-8-19)17-13(20)12-10(15)3-4-11(16)18-12/h3-4,9H,2,5-8H2,1H3,(H,17,20). The summed E-state index contributed by atoms with van der Waals surface area (Å²) in [6.07, 6.45) is 0.998. The average Bonchev–Trinajstić information content (AvgIpc) is 2.50. The molecule has 2 heterocycles. The molecule has 0 unspecified atom stereocenters. The van der Waals surface area contributed by atoms with Crippen LogP contribution < -0.4 is 5.32 Å². The first kappa shape index (κ1) is 16.8. The Morgan fingerprint density at radius 1 is 1.36 bits per heavy atom.